The zero-order valence-corrected chi connectivity index (χ0v) is 11.6. The Balaban J connectivity index is 1.52. The van der Waals surface area contributed by atoms with E-state index in [0.717, 1.165) is 12.0 Å². The Labute approximate surface area is 118 Å². The number of aromatic nitrogens is 1. The highest BCUT2D eigenvalue weighted by atomic mass is 16.7. The number of hydroxylamine groups is 1. The van der Waals surface area contributed by atoms with Crippen LogP contribution in [0, 0.1) is 11.8 Å². The second-order valence-corrected chi connectivity index (χ2v) is 5.62. The third kappa shape index (κ3) is 2.69. The summed E-state index contributed by atoms with van der Waals surface area (Å²) >= 11 is 0. The number of carbonyl (C=O) groups is 1. The highest BCUT2D eigenvalue weighted by Gasteiger charge is 2.44. The number of hydrogen-bond acceptors (Lipinski definition) is 4. The molecule has 3 rings (SSSR count). The van der Waals surface area contributed by atoms with Gasteiger partial charge in [-0.3, -0.25) is 14.6 Å². The van der Waals surface area contributed by atoms with Gasteiger partial charge in [0.1, 0.15) is 12.2 Å². The Morgan fingerprint density at radius 1 is 1.45 bits per heavy atom. The summed E-state index contributed by atoms with van der Waals surface area (Å²) < 4.78 is 5.62. The average Bonchev–Trinajstić information content (AvgIpc) is 3.08. The van der Waals surface area contributed by atoms with E-state index in [0.29, 0.717) is 18.4 Å². The number of amides is 1. The molecule has 2 heterocycles. The molecule has 108 valence electrons. The first-order valence-corrected chi connectivity index (χ1v) is 7.22. The Morgan fingerprint density at radius 2 is 2.25 bits per heavy atom. The van der Waals surface area contributed by atoms with Crippen LogP contribution in [0.25, 0.3) is 0 Å². The summed E-state index contributed by atoms with van der Waals surface area (Å²) in [6.45, 7) is 2.60. The third-order valence-corrected chi connectivity index (χ3v) is 4.37. The Hall–Kier alpha value is -1.46. The summed E-state index contributed by atoms with van der Waals surface area (Å²) in [6.07, 6.45) is 6.35. The average molecular weight is 276 g/mol. The maximum Gasteiger partial charge on any atom is 0.272 e. The van der Waals surface area contributed by atoms with Crippen molar-refractivity contribution >= 4 is 5.91 Å². The highest BCUT2D eigenvalue weighted by molar-refractivity contribution is 5.80. The molecule has 1 N–H and O–H groups in total. The van der Waals surface area contributed by atoms with Gasteiger partial charge in [-0.25, -0.2) is 5.48 Å². The van der Waals surface area contributed by atoms with Crippen molar-refractivity contribution in [2.45, 2.75) is 38.4 Å². The van der Waals surface area contributed by atoms with E-state index in [1.54, 1.807) is 12.4 Å². The smallest absolute Gasteiger partial charge is 0.272 e. The molecule has 1 aromatic heterocycles. The van der Waals surface area contributed by atoms with Gasteiger partial charge in [0.2, 0.25) is 0 Å². The molecule has 1 saturated carbocycles. The van der Waals surface area contributed by atoms with Crippen molar-refractivity contribution in [3.8, 4) is 0 Å². The SMILES string of the molecule is C[C@H](ONC(=O)[C@@H]1OC[C@@H]2CCC[C@@H]21)c1ccncc1. The maximum absolute atomic E-state index is 12.2. The monoisotopic (exact) mass is 276 g/mol. The molecule has 2 aliphatic rings. The minimum atomic E-state index is -0.341. The molecule has 0 radical (unpaired) electrons. The van der Waals surface area contributed by atoms with Crippen LogP contribution >= 0.6 is 0 Å². The molecule has 0 spiro atoms. The summed E-state index contributed by atoms with van der Waals surface area (Å²) in [5.41, 5.74) is 3.53. The van der Waals surface area contributed by atoms with Gasteiger partial charge in [-0.2, -0.15) is 0 Å². The molecule has 1 aromatic rings. The predicted molar refractivity (Wildman–Crippen MR) is 72.5 cm³/mol. The summed E-state index contributed by atoms with van der Waals surface area (Å²) in [6, 6.07) is 3.74. The van der Waals surface area contributed by atoms with Crippen molar-refractivity contribution in [3.05, 3.63) is 30.1 Å². The molecule has 0 aromatic carbocycles. The lowest BCUT2D eigenvalue weighted by molar-refractivity contribution is -0.149. The molecular weight excluding hydrogens is 256 g/mol. The Bertz CT molecular complexity index is 465. The van der Waals surface area contributed by atoms with E-state index in [-0.39, 0.29) is 18.1 Å². The van der Waals surface area contributed by atoms with Crippen molar-refractivity contribution in [2.75, 3.05) is 6.61 Å². The summed E-state index contributed by atoms with van der Waals surface area (Å²) in [7, 11) is 0. The summed E-state index contributed by atoms with van der Waals surface area (Å²) in [4.78, 5) is 21.6. The van der Waals surface area contributed by atoms with Crippen LogP contribution in [0.4, 0.5) is 0 Å². The van der Waals surface area contributed by atoms with Crippen LogP contribution in [-0.4, -0.2) is 23.6 Å². The van der Waals surface area contributed by atoms with Gasteiger partial charge in [-0.05, 0) is 49.3 Å². The Morgan fingerprint density at radius 3 is 3.05 bits per heavy atom. The van der Waals surface area contributed by atoms with Gasteiger partial charge in [0.15, 0.2) is 0 Å². The molecule has 0 unspecified atom stereocenters. The topological polar surface area (TPSA) is 60.5 Å². The fraction of sp³-hybridized carbons (Fsp3) is 0.600. The van der Waals surface area contributed by atoms with E-state index < -0.39 is 0 Å². The summed E-state index contributed by atoms with van der Waals surface area (Å²) in [5.74, 6) is 0.776. The largest absolute Gasteiger partial charge is 0.368 e. The quantitative estimate of drug-likeness (QED) is 0.855. The lowest BCUT2D eigenvalue weighted by atomic mass is 9.94. The van der Waals surface area contributed by atoms with Gasteiger partial charge < -0.3 is 4.74 Å². The molecule has 1 aliphatic heterocycles. The zero-order valence-electron chi connectivity index (χ0n) is 11.6. The number of rotatable bonds is 4. The van der Waals surface area contributed by atoms with Crippen LogP contribution in [0.5, 0.6) is 0 Å². The molecule has 1 saturated heterocycles. The molecule has 5 heteroatoms. The van der Waals surface area contributed by atoms with E-state index in [4.69, 9.17) is 9.57 Å². The number of ether oxygens (including phenoxy) is 1. The fourth-order valence-electron chi connectivity index (χ4n) is 3.20. The molecule has 2 fully saturated rings. The van der Waals surface area contributed by atoms with Gasteiger partial charge in [0.05, 0.1) is 6.61 Å². The van der Waals surface area contributed by atoms with E-state index in [1.165, 1.54) is 12.8 Å². The lowest BCUT2D eigenvalue weighted by Gasteiger charge is -2.18. The minimum absolute atomic E-state index is 0.152. The lowest BCUT2D eigenvalue weighted by Crippen LogP contribution is -2.38. The van der Waals surface area contributed by atoms with Gasteiger partial charge in [0, 0.05) is 12.4 Å². The number of nitrogens with one attached hydrogen (secondary N) is 1. The van der Waals surface area contributed by atoms with E-state index in [2.05, 4.69) is 10.5 Å². The first-order chi connectivity index (χ1) is 9.75. The van der Waals surface area contributed by atoms with Crippen molar-refractivity contribution in [3.63, 3.8) is 0 Å². The van der Waals surface area contributed by atoms with Gasteiger partial charge in [0.25, 0.3) is 5.91 Å². The van der Waals surface area contributed by atoms with Crippen molar-refractivity contribution < 1.29 is 14.4 Å². The number of hydrogen-bond donors (Lipinski definition) is 1. The van der Waals surface area contributed by atoms with Crippen LogP contribution in [0.2, 0.25) is 0 Å². The minimum Gasteiger partial charge on any atom is -0.368 e. The molecule has 5 nitrogen and oxygen atoms in total. The second kappa shape index (κ2) is 5.89. The number of carbonyl (C=O) groups excluding carboxylic acids is 1. The number of fused-ring (bicyclic) bond motifs is 1. The van der Waals surface area contributed by atoms with Crippen LogP contribution in [-0.2, 0) is 14.4 Å². The first-order valence-electron chi connectivity index (χ1n) is 7.22. The van der Waals surface area contributed by atoms with Crippen LogP contribution in [0.15, 0.2) is 24.5 Å². The molecule has 1 aliphatic carbocycles. The standard InChI is InChI=1S/C15H20N2O3/c1-10(11-5-7-16-8-6-11)20-17-15(18)14-13-4-2-3-12(13)9-19-14/h5-8,10,12-14H,2-4,9H2,1H3,(H,17,18)/t10-,12-,13-,14+/m0/s1. The highest BCUT2D eigenvalue weighted by Crippen LogP contribution is 2.40. The van der Waals surface area contributed by atoms with Gasteiger partial charge in [-0.15, -0.1) is 0 Å². The van der Waals surface area contributed by atoms with E-state index >= 15 is 0 Å². The third-order valence-electron chi connectivity index (χ3n) is 4.37. The van der Waals surface area contributed by atoms with Crippen molar-refractivity contribution in [1.82, 2.24) is 10.5 Å². The predicted octanol–water partition coefficient (Wildman–Crippen LogP) is 2.01. The Kier molecular flexibility index (Phi) is 3.98. The normalized spacial score (nSPS) is 29.9. The molecular formula is C15H20N2O3. The molecule has 20 heavy (non-hydrogen) atoms. The van der Waals surface area contributed by atoms with Gasteiger partial charge >= 0.3 is 0 Å². The van der Waals surface area contributed by atoms with E-state index in [9.17, 15) is 4.79 Å². The van der Waals surface area contributed by atoms with Crippen molar-refractivity contribution in [1.29, 1.82) is 0 Å². The fourth-order valence-corrected chi connectivity index (χ4v) is 3.20. The maximum atomic E-state index is 12.2. The molecule has 1 amide bonds. The molecule has 4 atom stereocenters. The second-order valence-electron chi connectivity index (χ2n) is 5.62. The first kappa shape index (κ1) is 13.5. The van der Waals surface area contributed by atoms with Crippen LogP contribution in [0.1, 0.15) is 37.9 Å². The number of pyridine rings is 1. The van der Waals surface area contributed by atoms with E-state index in [1.807, 2.05) is 19.1 Å². The van der Waals surface area contributed by atoms with Crippen LogP contribution < -0.4 is 5.48 Å². The van der Waals surface area contributed by atoms with Crippen LogP contribution in [0.3, 0.4) is 0 Å². The molecule has 0 bridgehead atoms. The summed E-state index contributed by atoms with van der Waals surface area (Å²) in [5, 5.41) is 0. The van der Waals surface area contributed by atoms with Gasteiger partial charge in [-0.1, -0.05) is 6.42 Å². The zero-order chi connectivity index (χ0) is 13.9. The van der Waals surface area contributed by atoms with Crippen molar-refractivity contribution in [2.24, 2.45) is 11.8 Å². The number of nitrogens with zero attached hydrogens (tertiary/aromatic N) is 1.